The van der Waals surface area contributed by atoms with E-state index in [1.54, 1.807) is 24.3 Å². The summed E-state index contributed by atoms with van der Waals surface area (Å²) in [5, 5.41) is 2.53. The van der Waals surface area contributed by atoms with E-state index in [9.17, 15) is 26.3 Å². The van der Waals surface area contributed by atoms with Gasteiger partial charge in [-0.3, -0.25) is 0 Å². The summed E-state index contributed by atoms with van der Waals surface area (Å²) in [7, 11) is 0. The maximum absolute atomic E-state index is 13.7. The molecule has 11 rings (SSSR count). The summed E-state index contributed by atoms with van der Waals surface area (Å²) < 4.78 is 81.5. The number of alkyl halides is 6. The first-order valence-electron chi connectivity index (χ1n) is 24.2. The highest BCUT2D eigenvalue weighted by Gasteiger charge is 2.58. The molecule has 7 heteroatoms. The number of aryl methyl sites for hydroxylation is 1. The third-order valence-electron chi connectivity index (χ3n) is 17.9. The largest absolute Gasteiger partial charge is 0.416 e. The summed E-state index contributed by atoms with van der Waals surface area (Å²) in [5.41, 5.74) is 13.3. The third kappa shape index (κ3) is 6.71. The van der Waals surface area contributed by atoms with Gasteiger partial charge in [0, 0.05) is 22.7 Å². The van der Waals surface area contributed by atoms with Crippen LogP contribution in [0.15, 0.2) is 121 Å². The van der Waals surface area contributed by atoms with Gasteiger partial charge < -0.3 is 4.90 Å². The first-order chi connectivity index (χ1) is 31.8. The molecular weight excluding hydrogens is 849 g/mol. The molecule has 1 nitrogen and oxygen atoms in total. The number of hydrogen-bond donors (Lipinski definition) is 0. The minimum Gasteiger partial charge on any atom is -0.334 e. The van der Waals surface area contributed by atoms with Crippen LogP contribution >= 0.6 is 0 Å². The number of fused-ring (bicyclic) bond motifs is 3. The molecule has 6 aromatic carbocycles. The molecule has 5 unspecified atom stereocenters. The molecule has 2 saturated carbocycles. The monoisotopic (exact) mass is 905 g/mol. The lowest BCUT2D eigenvalue weighted by Crippen LogP contribution is -2.54. The fourth-order valence-corrected chi connectivity index (χ4v) is 13.7. The molecule has 67 heavy (non-hydrogen) atoms. The molecule has 0 bridgehead atoms. The Kier molecular flexibility index (Phi) is 9.99. The molecule has 0 aromatic heterocycles. The van der Waals surface area contributed by atoms with E-state index >= 15 is 0 Å². The van der Waals surface area contributed by atoms with E-state index in [1.807, 2.05) is 0 Å². The van der Waals surface area contributed by atoms with Crippen LogP contribution in [0.5, 0.6) is 0 Å². The topological polar surface area (TPSA) is 3.24 Å². The van der Waals surface area contributed by atoms with E-state index in [0.29, 0.717) is 6.42 Å². The minimum atomic E-state index is -4.39. The molecular formula is C60H57F6N. The lowest BCUT2D eigenvalue weighted by atomic mass is 9.52. The molecule has 4 aliphatic carbocycles. The Bertz CT molecular complexity index is 3030. The van der Waals surface area contributed by atoms with E-state index < -0.39 is 23.5 Å². The fourth-order valence-electron chi connectivity index (χ4n) is 13.7. The van der Waals surface area contributed by atoms with Gasteiger partial charge in [-0.15, -0.1) is 0 Å². The molecule has 6 aromatic rings. The van der Waals surface area contributed by atoms with Crippen LogP contribution in [0, 0.1) is 12.3 Å². The van der Waals surface area contributed by atoms with Gasteiger partial charge in [-0.1, -0.05) is 125 Å². The van der Waals surface area contributed by atoms with Crippen LogP contribution < -0.4 is 4.90 Å². The SMILES string of the molecule is Cc1ccc(C2C=Cc3ccc4c(-c5ccc6c(c5)C5(C)CCCCC5(C)N6c5ccc(C(F)(F)F)cc5)ccc5c4c3C2=CC5)cc1C1(C)CCCCC1(C)Cc1ccc(C(F)(F)F)cc1. The Hall–Kier alpha value is -5.56. The maximum atomic E-state index is 13.7. The summed E-state index contributed by atoms with van der Waals surface area (Å²) in [6.45, 7) is 11.6. The number of anilines is 2. The van der Waals surface area contributed by atoms with Crippen LogP contribution in [-0.4, -0.2) is 5.54 Å². The number of hydrogen-bond acceptors (Lipinski definition) is 1. The summed E-state index contributed by atoms with van der Waals surface area (Å²) in [5.74, 6) is 0.0581. The quantitative estimate of drug-likeness (QED) is 0.151. The zero-order valence-corrected chi connectivity index (χ0v) is 39.0. The Labute approximate surface area is 390 Å². The van der Waals surface area contributed by atoms with Gasteiger partial charge >= 0.3 is 12.4 Å². The molecule has 1 heterocycles. The molecule has 344 valence electrons. The van der Waals surface area contributed by atoms with Crippen molar-refractivity contribution in [3.63, 3.8) is 0 Å². The lowest BCUT2D eigenvalue weighted by molar-refractivity contribution is -0.138. The van der Waals surface area contributed by atoms with Gasteiger partial charge in [0.25, 0.3) is 0 Å². The van der Waals surface area contributed by atoms with Crippen LogP contribution in [0.2, 0.25) is 0 Å². The Balaban J connectivity index is 0.959. The average Bonchev–Trinajstić information content (AvgIpc) is 3.51. The Morgan fingerprint density at radius 2 is 1.31 bits per heavy atom. The number of benzene rings is 6. The average molecular weight is 906 g/mol. The van der Waals surface area contributed by atoms with Crippen LogP contribution in [-0.2, 0) is 36.0 Å². The summed E-state index contributed by atoms with van der Waals surface area (Å²) in [4.78, 5) is 2.33. The van der Waals surface area contributed by atoms with Gasteiger partial charge in [0.15, 0.2) is 0 Å². The molecule has 5 aliphatic rings. The van der Waals surface area contributed by atoms with Crippen molar-refractivity contribution >= 4 is 33.8 Å². The van der Waals surface area contributed by atoms with E-state index in [2.05, 4.69) is 118 Å². The highest BCUT2D eigenvalue weighted by Crippen LogP contribution is 2.62. The fraction of sp³-hybridized carbons (Fsp3) is 0.367. The number of halogens is 6. The zero-order chi connectivity index (χ0) is 46.9. The zero-order valence-electron chi connectivity index (χ0n) is 39.0. The van der Waals surface area contributed by atoms with Crippen LogP contribution in [0.3, 0.4) is 0 Å². The molecule has 0 N–H and O–H groups in total. The molecule has 0 saturated heterocycles. The smallest absolute Gasteiger partial charge is 0.334 e. The Morgan fingerprint density at radius 1 is 0.642 bits per heavy atom. The van der Waals surface area contributed by atoms with E-state index in [1.165, 1.54) is 85.1 Å². The van der Waals surface area contributed by atoms with Crippen LogP contribution in [0.1, 0.15) is 141 Å². The second-order valence-corrected chi connectivity index (χ2v) is 21.4. The van der Waals surface area contributed by atoms with Crippen molar-refractivity contribution in [2.24, 2.45) is 5.41 Å². The minimum absolute atomic E-state index is 0.0581. The van der Waals surface area contributed by atoms with Crippen molar-refractivity contribution in [1.29, 1.82) is 0 Å². The number of rotatable bonds is 6. The number of nitrogens with zero attached hydrogens (tertiary/aromatic N) is 1. The van der Waals surface area contributed by atoms with Gasteiger partial charge in [0.1, 0.15) is 0 Å². The first kappa shape index (κ1) is 44.0. The van der Waals surface area contributed by atoms with Crippen molar-refractivity contribution < 1.29 is 26.3 Å². The predicted molar refractivity (Wildman–Crippen MR) is 261 cm³/mol. The van der Waals surface area contributed by atoms with Crippen molar-refractivity contribution in [1.82, 2.24) is 0 Å². The van der Waals surface area contributed by atoms with Crippen molar-refractivity contribution in [3.8, 4) is 11.1 Å². The van der Waals surface area contributed by atoms with Crippen molar-refractivity contribution in [2.75, 3.05) is 4.90 Å². The molecule has 2 fully saturated rings. The summed E-state index contributed by atoms with van der Waals surface area (Å²) in [6, 6.07) is 34.5. The Morgan fingerprint density at radius 3 is 2.03 bits per heavy atom. The molecule has 5 atom stereocenters. The lowest BCUT2D eigenvalue weighted by Gasteiger charge is -2.52. The molecule has 0 radical (unpaired) electrons. The second-order valence-electron chi connectivity index (χ2n) is 21.4. The van der Waals surface area contributed by atoms with Gasteiger partial charge in [-0.05, 0) is 184 Å². The van der Waals surface area contributed by atoms with Crippen LogP contribution in [0.25, 0.3) is 33.5 Å². The highest BCUT2D eigenvalue weighted by molar-refractivity contribution is 6.09. The van der Waals surface area contributed by atoms with E-state index in [4.69, 9.17) is 0 Å². The van der Waals surface area contributed by atoms with E-state index in [0.717, 1.165) is 80.3 Å². The van der Waals surface area contributed by atoms with Crippen LogP contribution in [0.4, 0.5) is 37.7 Å². The molecule has 0 amide bonds. The van der Waals surface area contributed by atoms with E-state index in [-0.39, 0.29) is 27.7 Å². The third-order valence-corrected chi connectivity index (χ3v) is 17.9. The van der Waals surface area contributed by atoms with Crippen molar-refractivity contribution in [3.05, 3.63) is 177 Å². The summed E-state index contributed by atoms with van der Waals surface area (Å²) >= 11 is 0. The van der Waals surface area contributed by atoms with Gasteiger partial charge in [-0.2, -0.15) is 26.3 Å². The normalized spacial score (nSPS) is 26.6. The highest BCUT2D eigenvalue weighted by atomic mass is 19.4. The van der Waals surface area contributed by atoms with Gasteiger partial charge in [-0.25, -0.2) is 0 Å². The number of allylic oxidation sites excluding steroid dienone is 3. The first-order valence-corrected chi connectivity index (χ1v) is 24.2. The second kappa shape index (κ2) is 15.2. The van der Waals surface area contributed by atoms with Gasteiger partial charge in [0.2, 0.25) is 0 Å². The standard InChI is InChI=1S/C60H57F6N/c1-37-10-13-41(34-50(37)56(3)31-7-6-30-55(56,2)36-38-11-19-43(20-12-38)59(61,62)63)46-25-14-39-17-28-49-47(26-15-40-16-27-48(46)53(39)54(40)49)42-18-29-52-51(35-42)57(4)32-8-9-33-58(57,5)67(52)45-23-21-44(22-24-45)60(64,65)66/h10-15,17-29,34-35,46H,6-9,16,30-33,36H2,1-5H3. The predicted octanol–water partition coefficient (Wildman–Crippen LogP) is 17.4. The molecule has 1 aliphatic heterocycles. The summed E-state index contributed by atoms with van der Waals surface area (Å²) in [6.07, 6.45) is 8.25. The maximum Gasteiger partial charge on any atom is 0.416 e. The molecule has 0 spiro atoms. The van der Waals surface area contributed by atoms with Gasteiger partial charge in [0.05, 0.1) is 16.7 Å². The van der Waals surface area contributed by atoms with Crippen molar-refractivity contribution in [2.45, 2.75) is 133 Å².